The first-order valence-electron chi connectivity index (χ1n) is 3.41. The molecular formula is C11H32Y2-4. The Hall–Kier alpha value is 2.21. The van der Waals surface area contributed by atoms with Crippen molar-refractivity contribution in [1.29, 1.82) is 0 Å². The van der Waals surface area contributed by atoms with Crippen LogP contribution in [0.15, 0.2) is 0 Å². The first-order chi connectivity index (χ1) is 3.41. The zero-order valence-corrected chi connectivity index (χ0v) is 17.5. The fourth-order valence-corrected chi connectivity index (χ4v) is 0. The van der Waals surface area contributed by atoms with Gasteiger partial charge in [-0.2, -0.15) is 0 Å². The van der Waals surface area contributed by atoms with Crippen LogP contribution in [0.2, 0.25) is 0 Å². The van der Waals surface area contributed by atoms with E-state index in [4.69, 9.17) is 0 Å². The Morgan fingerprint density at radius 1 is 0.538 bits per heavy atom. The molecule has 0 nitrogen and oxygen atoms in total. The molecular weight excluding hydrogens is 310 g/mol. The normalized spacial score (nSPS) is 2.31. The van der Waals surface area contributed by atoms with Gasteiger partial charge >= 0.3 is 0 Å². The minimum Gasteiger partial charge on any atom is -0.358 e. The van der Waals surface area contributed by atoms with Crippen molar-refractivity contribution >= 4 is 0 Å². The van der Waals surface area contributed by atoms with Gasteiger partial charge in [-0.3, -0.25) is 0 Å². The van der Waals surface area contributed by atoms with Crippen LogP contribution in [0.5, 0.6) is 0 Å². The molecule has 0 rings (SSSR count). The molecule has 0 fully saturated rings. The fraction of sp³-hybridized carbons (Fsp3) is 0.636. The van der Waals surface area contributed by atoms with Crippen LogP contribution < -0.4 is 0 Å². The molecule has 0 N–H and O–H groups in total. The summed E-state index contributed by atoms with van der Waals surface area (Å²) in [5.41, 5.74) is 0. The molecule has 0 aromatic carbocycles. The molecule has 0 spiro atoms. The molecule has 0 bridgehead atoms. The van der Waals surface area contributed by atoms with Crippen LogP contribution in [0.25, 0.3) is 0 Å². The van der Waals surface area contributed by atoms with Crippen molar-refractivity contribution < 1.29 is 65.4 Å². The average molecular weight is 342 g/mol. The van der Waals surface area contributed by atoms with Gasteiger partial charge in [0.05, 0.1) is 0 Å². The summed E-state index contributed by atoms with van der Waals surface area (Å²) in [4.78, 5) is 0. The maximum atomic E-state index is 2.12. The number of hydrogen-bond acceptors (Lipinski definition) is 0. The van der Waals surface area contributed by atoms with Crippen LogP contribution in [0, 0.1) is 29.7 Å². The van der Waals surface area contributed by atoms with Gasteiger partial charge in [-0.15, -0.1) is 0 Å². The number of rotatable bonds is 0. The van der Waals surface area contributed by atoms with Crippen LogP contribution in [-0.2, 0) is 65.4 Å². The van der Waals surface area contributed by atoms with Gasteiger partial charge in [0, 0.05) is 65.4 Å². The largest absolute Gasteiger partial charge is 0.358 e. The van der Waals surface area contributed by atoms with Gasteiger partial charge in [0.15, 0.2) is 0 Å². The van der Waals surface area contributed by atoms with Gasteiger partial charge < -0.3 is 29.7 Å². The van der Waals surface area contributed by atoms with E-state index >= 15 is 0 Å². The van der Waals surface area contributed by atoms with Crippen molar-refractivity contribution in [3.05, 3.63) is 29.7 Å². The second kappa shape index (κ2) is 241. The molecule has 2 radical (unpaired) electrons. The van der Waals surface area contributed by atoms with E-state index in [2.05, 4.69) is 13.8 Å². The van der Waals surface area contributed by atoms with E-state index in [1.807, 2.05) is 27.7 Å². The summed E-state index contributed by atoms with van der Waals surface area (Å²) in [7, 11) is 0. The average Bonchev–Trinajstić information content (AvgIpc) is 1.78. The molecule has 0 heterocycles. The Bertz CT molecular complexity index is 8.05. The predicted molar refractivity (Wildman–Crippen MR) is 64.3 cm³/mol. The molecule has 0 aromatic heterocycles. The molecule has 0 aliphatic carbocycles. The third kappa shape index (κ3) is 434. The van der Waals surface area contributed by atoms with Crippen molar-refractivity contribution in [2.75, 3.05) is 0 Å². The standard InChI is InChI=1S/C3H8.2C2H6.4CH3.2Y/c1-3-2;2*1-2;;;;;;/h3H2,1-2H3;2*1-2H3;4*1H3;;/q;;;4*-1;;. The van der Waals surface area contributed by atoms with E-state index < -0.39 is 0 Å². The summed E-state index contributed by atoms with van der Waals surface area (Å²) in [5, 5.41) is 0. The number of hydrogen-bond donors (Lipinski definition) is 0. The summed E-state index contributed by atoms with van der Waals surface area (Å²) < 4.78 is 0. The van der Waals surface area contributed by atoms with E-state index in [0.29, 0.717) is 0 Å². The van der Waals surface area contributed by atoms with Crippen LogP contribution in [0.4, 0.5) is 0 Å². The van der Waals surface area contributed by atoms with Crippen molar-refractivity contribution in [2.45, 2.75) is 48.0 Å². The predicted octanol–water partition coefficient (Wildman–Crippen LogP) is 5.26. The Kier molecular flexibility index (Phi) is 1480. The molecule has 0 amide bonds. The van der Waals surface area contributed by atoms with Gasteiger partial charge in [0.2, 0.25) is 0 Å². The Balaban J connectivity index is -0.00000000218. The monoisotopic (exact) mass is 342 g/mol. The third-order valence-corrected chi connectivity index (χ3v) is 0. The molecule has 0 aliphatic rings. The molecule has 2 heteroatoms. The topological polar surface area (TPSA) is 0 Å². The zero-order chi connectivity index (χ0) is 6.71. The van der Waals surface area contributed by atoms with Crippen molar-refractivity contribution in [2.24, 2.45) is 0 Å². The third-order valence-electron chi connectivity index (χ3n) is 0. The van der Waals surface area contributed by atoms with Gasteiger partial charge in [-0.05, 0) is 0 Å². The van der Waals surface area contributed by atoms with Crippen molar-refractivity contribution in [3.63, 3.8) is 0 Å². The molecule has 13 heavy (non-hydrogen) atoms. The quantitative estimate of drug-likeness (QED) is 0.527. The van der Waals surface area contributed by atoms with E-state index in [9.17, 15) is 0 Å². The van der Waals surface area contributed by atoms with E-state index in [0.717, 1.165) is 0 Å². The smallest absolute Gasteiger partial charge is 0 e. The van der Waals surface area contributed by atoms with Gasteiger partial charge in [0.1, 0.15) is 0 Å². The summed E-state index contributed by atoms with van der Waals surface area (Å²) in [5.74, 6) is 0. The summed E-state index contributed by atoms with van der Waals surface area (Å²) >= 11 is 0. The molecule has 0 aromatic rings. The Morgan fingerprint density at radius 3 is 0.538 bits per heavy atom. The first kappa shape index (κ1) is 79.7. The minimum atomic E-state index is 0. The molecule has 0 saturated carbocycles. The van der Waals surface area contributed by atoms with E-state index in [-0.39, 0.29) is 95.1 Å². The van der Waals surface area contributed by atoms with Crippen LogP contribution in [0.3, 0.4) is 0 Å². The minimum absolute atomic E-state index is 0. The molecule has 0 unspecified atom stereocenters. The zero-order valence-electron chi connectivity index (χ0n) is 11.9. The second-order valence-corrected chi connectivity index (χ2v) is 0.707. The van der Waals surface area contributed by atoms with Gasteiger partial charge in [0.25, 0.3) is 0 Å². The van der Waals surface area contributed by atoms with Crippen LogP contribution in [0.1, 0.15) is 48.0 Å². The summed E-state index contributed by atoms with van der Waals surface area (Å²) in [6.07, 6.45) is 1.25. The second-order valence-electron chi connectivity index (χ2n) is 0.707. The first-order valence-corrected chi connectivity index (χ1v) is 3.41. The molecule has 86 valence electrons. The molecule has 0 aliphatic heterocycles. The maximum absolute atomic E-state index is 2.12. The molecule has 0 saturated heterocycles. The van der Waals surface area contributed by atoms with Crippen LogP contribution >= 0.6 is 0 Å². The van der Waals surface area contributed by atoms with E-state index in [1.54, 1.807) is 0 Å². The van der Waals surface area contributed by atoms with Crippen LogP contribution in [-0.4, -0.2) is 0 Å². The SMILES string of the molecule is CC.CC.CCC.[CH3-].[CH3-].[CH3-].[CH3-].[Y].[Y]. The van der Waals surface area contributed by atoms with Gasteiger partial charge in [-0.1, -0.05) is 48.0 Å². The molecule has 0 atom stereocenters. The van der Waals surface area contributed by atoms with E-state index in [1.165, 1.54) is 6.42 Å². The fourth-order valence-electron chi connectivity index (χ4n) is 0. The van der Waals surface area contributed by atoms with Gasteiger partial charge in [-0.25, -0.2) is 0 Å². The maximum Gasteiger partial charge on any atom is 0 e. The Morgan fingerprint density at radius 2 is 0.538 bits per heavy atom. The van der Waals surface area contributed by atoms with Crippen molar-refractivity contribution in [1.82, 2.24) is 0 Å². The van der Waals surface area contributed by atoms with Crippen molar-refractivity contribution in [3.8, 4) is 0 Å². The summed E-state index contributed by atoms with van der Waals surface area (Å²) in [6.45, 7) is 12.2. The summed E-state index contributed by atoms with van der Waals surface area (Å²) in [6, 6.07) is 0. The Labute approximate surface area is 141 Å².